The van der Waals surface area contributed by atoms with Crippen molar-refractivity contribution in [1.29, 1.82) is 0 Å². The molecule has 2 rings (SSSR count). The first-order valence-electron chi connectivity index (χ1n) is 6.42. The maximum Gasteiger partial charge on any atom is 0.0375 e. The first-order valence-corrected chi connectivity index (χ1v) is 8.10. The first-order chi connectivity index (χ1) is 9.20. The van der Waals surface area contributed by atoms with E-state index in [-0.39, 0.29) is 0 Å². The third-order valence-electron chi connectivity index (χ3n) is 3.16. The Morgan fingerprint density at radius 3 is 2.74 bits per heavy atom. The van der Waals surface area contributed by atoms with Crippen LogP contribution < -0.4 is 10.6 Å². The van der Waals surface area contributed by atoms with Crippen molar-refractivity contribution in [3.05, 3.63) is 50.6 Å². The van der Waals surface area contributed by atoms with Gasteiger partial charge in [0.15, 0.2) is 0 Å². The van der Waals surface area contributed by atoms with E-state index in [0.29, 0.717) is 6.54 Å². The van der Waals surface area contributed by atoms with E-state index >= 15 is 0 Å². The van der Waals surface area contributed by atoms with Gasteiger partial charge in [0.2, 0.25) is 0 Å². The van der Waals surface area contributed by atoms with Gasteiger partial charge in [-0.1, -0.05) is 28.1 Å². The second-order valence-corrected chi connectivity index (χ2v) is 6.45. The van der Waals surface area contributed by atoms with Gasteiger partial charge < -0.3 is 10.6 Å². The molecule has 2 N–H and O–H groups in total. The Labute approximate surface area is 127 Å². The third-order valence-corrected chi connectivity index (χ3v) is 4.84. The molecule has 1 heterocycles. The smallest absolute Gasteiger partial charge is 0.0375 e. The lowest BCUT2D eigenvalue weighted by molar-refractivity contribution is 0.885. The molecule has 0 fully saturated rings. The van der Waals surface area contributed by atoms with Crippen LogP contribution in [-0.4, -0.2) is 20.1 Å². The molecule has 102 valence electrons. The monoisotopic (exact) mass is 338 g/mol. The number of benzene rings is 1. The molecule has 0 saturated heterocycles. The molecule has 0 aliphatic carbocycles. The zero-order chi connectivity index (χ0) is 13.7. The van der Waals surface area contributed by atoms with E-state index < -0.39 is 0 Å². The van der Waals surface area contributed by atoms with E-state index in [1.807, 2.05) is 11.3 Å². The highest BCUT2D eigenvalue weighted by molar-refractivity contribution is 9.10. The highest BCUT2D eigenvalue weighted by Crippen LogP contribution is 2.24. The van der Waals surface area contributed by atoms with Crippen molar-refractivity contribution in [3.63, 3.8) is 0 Å². The Morgan fingerprint density at radius 2 is 2.11 bits per heavy atom. The topological polar surface area (TPSA) is 29.3 Å². The fourth-order valence-electron chi connectivity index (χ4n) is 1.99. The maximum absolute atomic E-state index is 5.60. The molecule has 0 radical (unpaired) electrons. The molecule has 1 aromatic carbocycles. The number of rotatable bonds is 6. The number of hydrogen-bond donors (Lipinski definition) is 1. The van der Waals surface area contributed by atoms with Gasteiger partial charge in [-0.2, -0.15) is 0 Å². The molecule has 0 aliphatic rings. The lowest BCUT2D eigenvalue weighted by atomic mass is 10.1. The number of thiophene rings is 1. The number of nitrogens with two attached hydrogens (primary N) is 1. The van der Waals surface area contributed by atoms with Crippen LogP contribution in [0.1, 0.15) is 10.4 Å². The normalized spacial score (nSPS) is 10.7. The predicted molar refractivity (Wildman–Crippen MR) is 88.2 cm³/mol. The largest absolute Gasteiger partial charge is 0.374 e. The molecular formula is C15H19BrN2S. The lowest BCUT2D eigenvalue weighted by Gasteiger charge is -2.20. The predicted octanol–water partition coefficient (Wildman–Crippen LogP) is 3.69. The second-order valence-electron chi connectivity index (χ2n) is 4.57. The summed E-state index contributed by atoms with van der Waals surface area (Å²) in [4.78, 5) is 3.72. The molecule has 19 heavy (non-hydrogen) atoms. The van der Waals surface area contributed by atoms with E-state index in [4.69, 9.17) is 5.73 Å². The van der Waals surface area contributed by atoms with Gasteiger partial charge in [-0.05, 0) is 48.5 Å². The maximum atomic E-state index is 5.60. The lowest BCUT2D eigenvalue weighted by Crippen LogP contribution is -2.20. The molecule has 1 aromatic heterocycles. The number of hydrogen-bond acceptors (Lipinski definition) is 3. The summed E-state index contributed by atoms with van der Waals surface area (Å²) in [5, 5.41) is 2.13. The standard InChI is InChI=1S/C15H19BrN2S/c1-18(9-7-14-3-2-10-19-14)13-5-4-12(6-8-17)15(16)11-13/h2-5,10-11H,6-9,17H2,1H3. The number of likely N-dealkylation sites (N-methyl/N-ethyl adjacent to an activating group) is 1. The molecule has 0 atom stereocenters. The van der Waals surface area contributed by atoms with Gasteiger partial charge in [0.1, 0.15) is 0 Å². The number of anilines is 1. The van der Waals surface area contributed by atoms with Gasteiger partial charge >= 0.3 is 0 Å². The summed E-state index contributed by atoms with van der Waals surface area (Å²) < 4.78 is 1.15. The average molecular weight is 339 g/mol. The van der Waals surface area contributed by atoms with Gasteiger partial charge in [0.05, 0.1) is 0 Å². The van der Waals surface area contributed by atoms with Crippen molar-refractivity contribution in [2.45, 2.75) is 12.8 Å². The van der Waals surface area contributed by atoms with E-state index in [2.05, 4.69) is 63.6 Å². The fourth-order valence-corrected chi connectivity index (χ4v) is 3.26. The Kier molecular flexibility index (Phi) is 5.43. The molecule has 2 aromatic rings. The molecular weight excluding hydrogens is 320 g/mol. The van der Waals surface area contributed by atoms with E-state index in [0.717, 1.165) is 23.9 Å². The Hall–Kier alpha value is -0.840. The molecule has 0 unspecified atom stereocenters. The highest BCUT2D eigenvalue weighted by atomic mass is 79.9. The summed E-state index contributed by atoms with van der Waals surface area (Å²) in [6, 6.07) is 10.8. The van der Waals surface area contributed by atoms with Gasteiger partial charge in [-0.3, -0.25) is 0 Å². The summed E-state index contributed by atoms with van der Waals surface area (Å²) in [7, 11) is 2.14. The van der Waals surface area contributed by atoms with Gasteiger partial charge in [0.25, 0.3) is 0 Å². The van der Waals surface area contributed by atoms with Crippen LogP contribution in [-0.2, 0) is 12.8 Å². The molecule has 0 saturated carbocycles. The Balaban J connectivity index is 1.98. The van der Waals surface area contributed by atoms with Gasteiger partial charge in [-0.15, -0.1) is 11.3 Å². The van der Waals surface area contributed by atoms with Gasteiger partial charge in [-0.25, -0.2) is 0 Å². The van der Waals surface area contributed by atoms with Crippen LogP contribution in [0.2, 0.25) is 0 Å². The zero-order valence-corrected chi connectivity index (χ0v) is 13.5. The van der Waals surface area contributed by atoms with E-state index in [1.165, 1.54) is 16.1 Å². The van der Waals surface area contributed by atoms with Crippen LogP contribution in [0.5, 0.6) is 0 Å². The summed E-state index contributed by atoms with van der Waals surface area (Å²) >= 11 is 5.45. The summed E-state index contributed by atoms with van der Waals surface area (Å²) in [6.07, 6.45) is 2.01. The Bertz CT molecular complexity index is 511. The van der Waals surface area contributed by atoms with Crippen LogP contribution in [0.3, 0.4) is 0 Å². The van der Waals surface area contributed by atoms with Crippen molar-refractivity contribution >= 4 is 33.0 Å². The Morgan fingerprint density at radius 1 is 1.26 bits per heavy atom. The minimum absolute atomic E-state index is 0.687. The van der Waals surface area contributed by atoms with Crippen LogP contribution in [0, 0.1) is 0 Å². The van der Waals surface area contributed by atoms with Crippen molar-refractivity contribution in [2.75, 3.05) is 25.0 Å². The van der Waals surface area contributed by atoms with Crippen molar-refractivity contribution in [2.24, 2.45) is 5.73 Å². The molecule has 2 nitrogen and oxygen atoms in total. The summed E-state index contributed by atoms with van der Waals surface area (Å²) in [5.41, 5.74) is 8.11. The summed E-state index contributed by atoms with van der Waals surface area (Å²) in [5.74, 6) is 0. The molecule has 0 amide bonds. The second kappa shape index (κ2) is 7.08. The average Bonchev–Trinajstić information content (AvgIpc) is 2.91. The van der Waals surface area contributed by atoms with Gasteiger partial charge in [0, 0.05) is 28.6 Å². The van der Waals surface area contributed by atoms with E-state index in [1.54, 1.807) is 0 Å². The molecule has 4 heteroatoms. The minimum Gasteiger partial charge on any atom is -0.374 e. The van der Waals surface area contributed by atoms with Crippen LogP contribution >= 0.6 is 27.3 Å². The van der Waals surface area contributed by atoms with Crippen molar-refractivity contribution in [3.8, 4) is 0 Å². The highest BCUT2D eigenvalue weighted by Gasteiger charge is 2.05. The van der Waals surface area contributed by atoms with Crippen molar-refractivity contribution in [1.82, 2.24) is 0 Å². The van der Waals surface area contributed by atoms with Crippen molar-refractivity contribution < 1.29 is 0 Å². The molecule has 0 spiro atoms. The minimum atomic E-state index is 0.687. The van der Waals surface area contributed by atoms with Crippen LogP contribution in [0.25, 0.3) is 0 Å². The summed E-state index contributed by atoms with van der Waals surface area (Å²) in [6.45, 7) is 1.72. The molecule has 0 aliphatic heterocycles. The quantitative estimate of drug-likeness (QED) is 0.870. The van der Waals surface area contributed by atoms with Crippen LogP contribution in [0.15, 0.2) is 40.2 Å². The third kappa shape index (κ3) is 4.06. The molecule has 0 bridgehead atoms. The first kappa shape index (κ1) is 14.6. The number of nitrogens with zero attached hydrogens (tertiary/aromatic N) is 1. The fraction of sp³-hybridized carbons (Fsp3) is 0.333. The number of halogens is 1. The van der Waals surface area contributed by atoms with Crippen LogP contribution in [0.4, 0.5) is 5.69 Å². The zero-order valence-electron chi connectivity index (χ0n) is 11.1. The SMILES string of the molecule is CN(CCc1cccs1)c1ccc(CCN)c(Br)c1. The van der Waals surface area contributed by atoms with E-state index in [9.17, 15) is 0 Å².